The van der Waals surface area contributed by atoms with E-state index in [4.69, 9.17) is 4.74 Å². The molecule has 3 aromatic rings. The molecule has 6 heteroatoms. The Morgan fingerprint density at radius 3 is 2.14 bits per heavy atom. The number of benzene rings is 3. The zero-order valence-electron chi connectivity index (χ0n) is 16.1. The summed E-state index contributed by atoms with van der Waals surface area (Å²) in [6.45, 7) is 2.28. The number of para-hydroxylation sites is 1. The third-order valence-electron chi connectivity index (χ3n) is 4.10. The van der Waals surface area contributed by atoms with Gasteiger partial charge in [0.05, 0.1) is 6.54 Å². The van der Waals surface area contributed by atoms with Crippen molar-refractivity contribution in [1.29, 1.82) is 0 Å². The molecule has 0 bridgehead atoms. The second-order valence-electron chi connectivity index (χ2n) is 6.51. The number of rotatable bonds is 7. The highest BCUT2D eigenvalue weighted by molar-refractivity contribution is 5.94. The number of aryl methyl sites for hydroxylation is 1. The van der Waals surface area contributed by atoms with Crippen LogP contribution in [0.5, 0.6) is 11.5 Å². The standard InChI is InChI=1S/C23H23N3O3/c1-17-7-9-18(10-8-17)15-24-23(28)25-16-22(27)26-19-11-13-21(14-12-19)29-20-5-3-2-4-6-20/h2-14H,15-16H2,1H3,(H,26,27)(H2,24,25,28). The van der Waals surface area contributed by atoms with Crippen LogP contribution in [0.15, 0.2) is 78.9 Å². The Morgan fingerprint density at radius 1 is 0.793 bits per heavy atom. The van der Waals surface area contributed by atoms with Gasteiger partial charge in [0.1, 0.15) is 11.5 Å². The van der Waals surface area contributed by atoms with Gasteiger partial charge in [0.15, 0.2) is 0 Å². The molecule has 0 unspecified atom stereocenters. The van der Waals surface area contributed by atoms with E-state index in [1.807, 2.05) is 61.5 Å². The highest BCUT2D eigenvalue weighted by atomic mass is 16.5. The molecule has 0 saturated carbocycles. The molecule has 6 nitrogen and oxygen atoms in total. The van der Waals surface area contributed by atoms with E-state index in [0.717, 1.165) is 16.9 Å². The van der Waals surface area contributed by atoms with Gasteiger partial charge < -0.3 is 20.7 Å². The maximum Gasteiger partial charge on any atom is 0.315 e. The smallest absolute Gasteiger partial charge is 0.315 e. The van der Waals surface area contributed by atoms with Crippen molar-refractivity contribution < 1.29 is 14.3 Å². The molecule has 0 aliphatic heterocycles. The molecule has 3 aromatic carbocycles. The van der Waals surface area contributed by atoms with Crippen molar-refractivity contribution in [3.8, 4) is 11.5 Å². The van der Waals surface area contributed by atoms with E-state index >= 15 is 0 Å². The predicted octanol–water partition coefficient (Wildman–Crippen LogP) is 4.23. The van der Waals surface area contributed by atoms with Gasteiger partial charge in [-0.3, -0.25) is 4.79 Å². The number of carbonyl (C=O) groups excluding carboxylic acids is 2. The lowest BCUT2D eigenvalue weighted by Gasteiger charge is -2.10. The number of urea groups is 1. The van der Waals surface area contributed by atoms with Crippen molar-refractivity contribution in [3.63, 3.8) is 0 Å². The van der Waals surface area contributed by atoms with Gasteiger partial charge in [-0.2, -0.15) is 0 Å². The maximum absolute atomic E-state index is 12.0. The number of ether oxygens (including phenoxy) is 1. The van der Waals surface area contributed by atoms with E-state index in [1.165, 1.54) is 0 Å². The Morgan fingerprint density at radius 2 is 1.45 bits per heavy atom. The second kappa shape index (κ2) is 9.94. The minimum atomic E-state index is -0.396. The Labute approximate surface area is 169 Å². The van der Waals surface area contributed by atoms with Crippen molar-refractivity contribution in [1.82, 2.24) is 10.6 Å². The van der Waals surface area contributed by atoms with Crippen molar-refractivity contribution in [3.05, 3.63) is 90.0 Å². The third-order valence-corrected chi connectivity index (χ3v) is 4.10. The fourth-order valence-electron chi connectivity index (χ4n) is 2.55. The Bertz CT molecular complexity index is 939. The molecule has 0 radical (unpaired) electrons. The van der Waals surface area contributed by atoms with Crippen LogP contribution in [0.3, 0.4) is 0 Å². The molecule has 0 fully saturated rings. The molecule has 3 rings (SSSR count). The zero-order chi connectivity index (χ0) is 20.5. The van der Waals surface area contributed by atoms with Crippen molar-refractivity contribution in [2.75, 3.05) is 11.9 Å². The lowest BCUT2D eigenvalue weighted by molar-refractivity contribution is -0.115. The van der Waals surface area contributed by atoms with Gasteiger partial charge in [-0.15, -0.1) is 0 Å². The summed E-state index contributed by atoms with van der Waals surface area (Å²) in [5, 5.41) is 7.99. The first-order valence-electron chi connectivity index (χ1n) is 9.28. The first kappa shape index (κ1) is 19.9. The van der Waals surface area contributed by atoms with Gasteiger partial charge in [0.25, 0.3) is 0 Å². The molecule has 3 amide bonds. The van der Waals surface area contributed by atoms with Gasteiger partial charge in [-0.05, 0) is 48.9 Å². The van der Waals surface area contributed by atoms with Crippen molar-refractivity contribution >= 4 is 17.6 Å². The monoisotopic (exact) mass is 389 g/mol. The van der Waals surface area contributed by atoms with E-state index in [0.29, 0.717) is 18.0 Å². The number of anilines is 1. The summed E-state index contributed by atoms with van der Waals surface area (Å²) in [5.41, 5.74) is 2.78. The Balaban J connectivity index is 1.39. The van der Waals surface area contributed by atoms with Gasteiger partial charge in [0.2, 0.25) is 5.91 Å². The summed E-state index contributed by atoms with van der Waals surface area (Å²) in [5.74, 6) is 1.10. The van der Waals surface area contributed by atoms with E-state index in [1.54, 1.807) is 24.3 Å². The maximum atomic E-state index is 12.0. The molecule has 0 aromatic heterocycles. The molecule has 0 aliphatic carbocycles. The molecule has 0 saturated heterocycles. The molecule has 3 N–H and O–H groups in total. The lowest BCUT2D eigenvalue weighted by Crippen LogP contribution is -2.39. The summed E-state index contributed by atoms with van der Waals surface area (Å²) < 4.78 is 5.71. The topological polar surface area (TPSA) is 79.5 Å². The van der Waals surface area contributed by atoms with Gasteiger partial charge in [0, 0.05) is 12.2 Å². The number of hydrogen-bond donors (Lipinski definition) is 3. The largest absolute Gasteiger partial charge is 0.457 e. The van der Waals surface area contributed by atoms with Crippen LogP contribution in [-0.2, 0) is 11.3 Å². The molecule has 0 spiro atoms. The summed E-state index contributed by atoms with van der Waals surface area (Å²) >= 11 is 0. The highest BCUT2D eigenvalue weighted by Gasteiger charge is 2.06. The number of carbonyl (C=O) groups is 2. The summed E-state index contributed by atoms with van der Waals surface area (Å²) in [6, 6.07) is 23.9. The van der Waals surface area contributed by atoms with Gasteiger partial charge in [-0.1, -0.05) is 48.0 Å². The van der Waals surface area contributed by atoms with Crippen LogP contribution < -0.4 is 20.7 Å². The third kappa shape index (κ3) is 6.70. The molecular formula is C23H23N3O3. The Hall–Kier alpha value is -3.80. The molecule has 29 heavy (non-hydrogen) atoms. The fraction of sp³-hybridized carbons (Fsp3) is 0.130. The SMILES string of the molecule is Cc1ccc(CNC(=O)NCC(=O)Nc2ccc(Oc3ccccc3)cc2)cc1. The van der Waals surface area contributed by atoms with Crippen LogP contribution in [0.2, 0.25) is 0 Å². The van der Waals surface area contributed by atoms with Crippen LogP contribution in [0.1, 0.15) is 11.1 Å². The first-order valence-corrected chi connectivity index (χ1v) is 9.28. The second-order valence-corrected chi connectivity index (χ2v) is 6.51. The summed E-state index contributed by atoms with van der Waals surface area (Å²) in [6.07, 6.45) is 0. The molecule has 0 atom stereocenters. The lowest BCUT2D eigenvalue weighted by atomic mass is 10.1. The van der Waals surface area contributed by atoms with Crippen LogP contribution in [0.25, 0.3) is 0 Å². The van der Waals surface area contributed by atoms with E-state index in [2.05, 4.69) is 16.0 Å². The molecule has 148 valence electrons. The minimum absolute atomic E-state index is 0.123. The van der Waals surface area contributed by atoms with Crippen molar-refractivity contribution in [2.24, 2.45) is 0 Å². The quantitative estimate of drug-likeness (QED) is 0.566. The Kier molecular flexibility index (Phi) is 6.84. The fourth-order valence-corrected chi connectivity index (χ4v) is 2.55. The normalized spacial score (nSPS) is 10.1. The molecule has 0 aliphatic rings. The highest BCUT2D eigenvalue weighted by Crippen LogP contribution is 2.22. The average Bonchev–Trinajstić information content (AvgIpc) is 2.74. The van der Waals surface area contributed by atoms with Gasteiger partial charge >= 0.3 is 6.03 Å². The number of hydrogen-bond acceptors (Lipinski definition) is 3. The average molecular weight is 389 g/mol. The van der Waals surface area contributed by atoms with Crippen LogP contribution in [0, 0.1) is 6.92 Å². The van der Waals surface area contributed by atoms with E-state index in [-0.39, 0.29) is 12.5 Å². The van der Waals surface area contributed by atoms with E-state index in [9.17, 15) is 9.59 Å². The number of amides is 3. The van der Waals surface area contributed by atoms with E-state index < -0.39 is 6.03 Å². The van der Waals surface area contributed by atoms with Crippen LogP contribution in [0.4, 0.5) is 10.5 Å². The summed E-state index contributed by atoms with van der Waals surface area (Å²) in [7, 11) is 0. The first-order chi connectivity index (χ1) is 14.1. The summed E-state index contributed by atoms with van der Waals surface area (Å²) in [4.78, 5) is 23.9. The minimum Gasteiger partial charge on any atom is -0.457 e. The predicted molar refractivity (Wildman–Crippen MR) is 113 cm³/mol. The van der Waals surface area contributed by atoms with Crippen LogP contribution >= 0.6 is 0 Å². The van der Waals surface area contributed by atoms with Crippen LogP contribution in [-0.4, -0.2) is 18.5 Å². The van der Waals surface area contributed by atoms with Gasteiger partial charge in [-0.25, -0.2) is 4.79 Å². The molecular weight excluding hydrogens is 366 g/mol. The van der Waals surface area contributed by atoms with Crippen molar-refractivity contribution in [2.45, 2.75) is 13.5 Å². The zero-order valence-corrected chi connectivity index (χ0v) is 16.1. The number of nitrogens with one attached hydrogen (secondary N) is 3. The molecule has 0 heterocycles.